The van der Waals surface area contributed by atoms with Crippen LogP contribution in [0.25, 0.3) is 0 Å². The van der Waals surface area contributed by atoms with E-state index in [1.165, 1.54) is 12.1 Å². The maximum Gasteiger partial charge on any atom is 0.283 e. The number of anilines is 2. The monoisotopic (exact) mass is 532 g/mol. The second kappa shape index (κ2) is 9.51. The third-order valence-corrected chi connectivity index (χ3v) is 7.69. The molecule has 0 aliphatic carbocycles. The predicted molar refractivity (Wildman–Crippen MR) is 135 cm³/mol. The normalized spacial score (nSPS) is 22.8. The molecule has 0 spiro atoms. The number of rotatable bonds is 4. The molecule has 190 valence electrons. The van der Waals surface area contributed by atoms with Crippen LogP contribution in [0.1, 0.15) is 0 Å². The average molecular weight is 533 g/mol. The van der Waals surface area contributed by atoms with Crippen molar-refractivity contribution in [2.24, 2.45) is 0 Å². The van der Waals surface area contributed by atoms with Gasteiger partial charge >= 0.3 is 0 Å². The van der Waals surface area contributed by atoms with Gasteiger partial charge in [-0.05, 0) is 26.2 Å². The molecule has 4 aliphatic heterocycles. The molecule has 4 heterocycles. The number of imide groups is 2. The van der Waals surface area contributed by atoms with Crippen LogP contribution in [0.5, 0.6) is 0 Å². The van der Waals surface area contributed by atoms with Gasteiger partial charge in [0.25, 0.3) is 23.6 Å². The molecule has 0 unspecified atom stereocenters. The van der Waals surface area contributed by atoms with Gasteiger partial charge in [0.05, 0.1) is 11.4 Å². The summed E-state index contributed by atoms with van der Waals surface area (Å²) < 4.78 is 0. The fourth-order valence-corrected chi connectivity index (χ4v) is 5.44. The fraction of sp³-hybridized carbons (Fsp3) is 0.417. The Morgan fingerprint density at radius 1 is 0.556 bits per heavy atom. The van der Waals surface area contributed by atoms with Crippen molar-refractivity contribution < 1.29 is 19.2 Å². The van der Waals surface area contributed by atoms with Gasteiger partial charge in [-0.3, -0.25) is 19.2 Å². The molecule has 10 nitrogen and oxygen atoms in total. The Bertz CT molecular complexity index is 1120. The van der Waals surface area contributed by atoms with Crippen LogP contribution in [0.2, 0.25) is 0 Å². The van der Waals surface area contributed by atoms with Crippen LogP contribution in [0.4, 0.5) is 11.4 Å². The fourth-order valence-electron chi connectivity index (χ4n) is 4.87. The smallest absolute Gasteiger partial charge is 0.283 e. The highest BCUT2D eigenvalue weighted by atomic mass is 35.5. The lowest BCUT2D eigenvalue weighted by molar-refractivity contribution is -0.123. The number of amides is 4. The summed E-state index contributed by atoms with van der Waals surface area (Å²) in [6.07, 6.45) is 0. The van der Waals surface area contributed by atoms with Gasteiger partial charge in [0.2, 0.25) is 0 Å². The van der Waals surface area contributed by atoms with Gasteiger partial charge in [-0.25, -0.2) is 9.80 Å². The molecule has 0 atom stereocenters. The Kier molecular flexibility index (Phi) is 6.54. The molecule has 1 aromatic carbocycles. The molecular formula is C24H26Cl2N6O4. The van der Waals surface area contributed by atoms with E-state index in [9.17, 15) is 19.2 Å². The van der Waals surface area contributed by atoms with Crippen molar-refractivity contribution in [1.29, 1.82) is 0 Å². The minimum atomic E-state index is -0.694. The number of likely N-dealkylation sites (N-methyl/N-ethyl adjacent to an activating group) is 2. The van der Waals surface area contributed by atoms with Gasteiger partial charge in [0.15, 0.2) is 0 Å². The zero-order chi connectivity index (χ0) is 25.7. The van der Waals surface area contributed by atoms with Crippen molar-refractivity contribution in [2.45, 2.75) is 0 Å². The Hall–Kier alpha value is -2.92. The molecule has 4 aliphatic rings. The topological polar surface area (TPSA) is 87.7 Å². The SMILES string of the molecule is CN1CCN(C2=C(Cl)C(=O)N(c3ccccc3N3C(=O)C(Cl)=C(N4CCN(C)CC4)C3=O)C2=O)CC1. The second-order valence-electron chi connectivity index (χ2n) is 9.29. The van der Waals surface area contributed by atoms with Crippen LogP contribution in [0.15, 0.2) is 45.7 Å². The molecule has 0 radical (unpaired) electrons. The van der Waals surface area contributed by atoms with E-state index >= 15 is 0 Å². The first-order valence-electron chi connectivity index (χ1n) is 11.7. The van der Waals surface area contributed by atoms with Crippen molar-refractivity contribution >= 4 is 58.2 Å². The minimum Gasteiger partial charge on any atom is -0.363 e. The number of halogens is 2. The van der Waals surface area contributed by atoms with E-state index in [2.05, 4.69) is 9.80 Å². The first-order valence-corrected chi connectivity index (χ1v) is 12.5. The summed E-state index contributed by atoms with van der Waals surface area (Å²) in [6, 6.07) is 6.29. The maximum absolute atomic E-state index is 13.5. The molecule has 0 saturated carbocycles. The molecule has 2 saturated heterocycles. The molecule has 12 heteroatoms. The van der Waals surface area contributed by atoms with E-state index in [0.29, 0.717) is 26.2 Å². The van der Waals surface area contributed by atoms with Gasteiger partial charge in [0.1, 0.15) is 21.5 Å². The first-order chi connectivity index (χ1) is 17.2. The molecule has 0 N–H and O–H groups in total. The molecule has 1 aromatic rings. The van der Waals surface area contributed by atoms with Crippen LogP contribution in [0, 0.1) is 0 Å². The van der Waals surface area contributed by atoms with Crippen molar-refractivity contribution in [2.75, 3.05) is 76.3 Å². The summed E-state index contributed by atoms with van der Waals surface area (Å²) in [4.78, 5) is 63.2. The molecular weight excluding hydrogens is 507 g/mol. The summed E-state index contributed by atoms with van der Waals surface area (Å²) in [7, 11) is 3.97. The van der Waals surface area contributed by atoms with Crippen molar-refractivity contribution in [1.82, 2.24) is 19.6 Å². The standard InChI is InChI=1S/C24H26Cl2N6O4/c1-27-7-11-29(12-8-27)19-17(25)21(33)31(23(19)35)15-5-3-4-6-16(15)32-22(34)18(26)20(24(32)36)30-13-9-28(2)10-14-30/h3-6H,7-14H2,1-2H3. The molecule has 0 bridgehead atoms. The number of nitrogens with zero attached hydrogens (tertiary/aromatic N) is 6. The third-order valence-electron chi connectivity index (χ3n) is 7.01. The first kappa shape index (κ1) is 24.8. The number of hydrogen-bond donors (Lipinski definition) is 0. The Labute approximate surface area is 218 Å². The Morgan fingerprint density at radius 3 is 1.22 bits per heavy atom. The highest BCUT2D eigenvalue weighted by Gasteiger charge is 2.46. The van der Waals surface area contributed by atoms with Crippen molar-refractivity contribution in [3.05, 3.63) is 45.7 Å². The third kappa shape index (κ3) is 3.98. The quantitative estimate of drug-likeness (QED) is 0.527. The van der Waals surface area contributed by atoms with Gasteiger partial charge in [0, 0.05) is 52.4 Å². The van der Waals surface area contributed by atoms with E-state index in [1.54, 1.807) is 21.9 Å². The molecule has 36 heavy (non-hydrogen) atoms. The molecule has 2 fully saturated rings. The highest BCUT2D eigenvalue weighted by Crippen LogP contribution is 2.40. The number of piperazine rings is 2. The predicted octanol–water partition coefficient (Wildman–Crippen LogP) is 0.829. The van der Waals surface area contributed by atoms with Crippen LogP contribution in [-0.2, 0) is 19.2 Å². The number of carbonyl (C=O) groups excluding carboxylic acids is 4. The lowest BCUT2D eigenvalue weighted by atomic mass is 10.2. The number of para-hydroxylation sites is 2. The molecule has 5 rings (SSSR count). The largest absolute Gasteiger partial charge is 0.363 e. The molecule has 0 aromatic heterocycles. The number of benzene rings is 1. The van der Waals surface area contributed by atoms with Crippen molar-refractivity contribution in [3.63, 3.8) is 0 Å². The number of hydrogen-bond acceptors (Lipinski definition) is 8. The lowest BCUT2D eigenvalue weighted by Crippen LogP contribution is -2.46. The van der Waals surface area contributed by atoms with Gasteiger partial charge in [-0.2, -0.15) is 0 Å². The Balaban J connectivity index is 1.46. The van der Waals surface area contributed by atoms with Gasteiger partial charge in [-0.15, -0.1) is 0 Å². The summed E-state index contributed by atoms with van der Waals surface area (Å²) in [5.74, 6) is -2.56. The van der Waals surface area contributed by atoms with E-state index in [0.717, 1.165) is 36.0 Å². The van der Waals surface area contributed by atoms with Crippen molar-refractivity contribution in [3.8, 4) is 0 Å². The zero-order valence-corrected chi connectivity index (χ0v) is 21.6. The second-order valence-corrected chi connectivity index (χ2v) is 10.0. The highest BCUT2D eigenvalue weighted by molar-refractivity contribution is 6.54. The zero-order valence-electron chi connectivity index (χ0n) is 20.0. The lowest BCUT2D eigenvalue weighted by Gasteiger charge is -2.34. The van der Waals surface area contributed by atoms with E-state index in [-0.39, 0.29) is 32.8 Å². The summed E-state index contributed by atoms with van der Waals surface area (Å²) in [5, 5.41) is -0.347. The van der Waals surface area contributed by atoms with Gasteiger partial charge in [-0.1, -0.05) is 35.3 Å². The summed E-state index contributed by atoms with van der Waals surface area (Å²) in [6.45, 7) is 5.09. The van der Waals surface area contributed by atoms with Crippen LogP contribution in [0.3, 0.4) is 0 Å². The maximum atomic E-state index is 13.5. The van der Waals surface area contributed by atoms with Crippen LogP contribution < -0.4 is 9.80 Å². The van der Waals surface area contributed by atoms with E-state index < -0.39 is 23.6 Å². The minimum absolute atomic E-state index is 0.0978. The van der Waals surface area contributed by atoms with Gasteiger partial charge < -0.3 is 19.6 Å². The summed E-state index contributed by atoms with van der Waals surface area (Å²) in [5.41, 5.74) is 0.469. The average Bonchev–Trinajstić information content (AvgIpc) is 3.22. The van der Waals surface area contributed by atoms with Crippen LogP contribution >= 0.6 is 23.2 Å². The van der Waals surface area contributed by atoms with E-state index in [4.69, 9.17) is 23.2 Å². The molecule has 4 amide bonds. The van der Waals surface area contributed by atoms with E-state index in [1.807, 2.05) is 14.1 Å². The van der Waals surface area contributed by atoms with Crippen LogP contribution in [-0.4, -0.2) is 110 Å². The Morgan fingerprint density at radius 2 is 0.889 bits per heavy atom. The summed E-state index contributed by atoms with van der Waals surface area (Å²) >= 11 is 12.8. The number of carbonyl (C=O) groups is 4.